The molecule has 1 fully saturated rings. The van der Waals surface area contributed by atoms with E-state index < -0.39 is 47.3 Å². The van der Waals surface area contributed by atoms with Gasteiger partial charge in [-0.1, -0.05) is 0 Å². The van der Waals surface area contributed by atoms with Gasteiger partial charge in [0.1, 0.15) is 6.04 Å². The number of carbonyl (C=O) groups excluding carboxylic acids is 2. The number of amides is 3. The van der Waals surface area contributed by atoms with Crippen molar-refractivity contribution in [1.29, 1.82) is 0 Å². The van der Waals surface area contributed by atoms with E-state index in [9.17, 15) is 35.9 Å². The van der Waals surface area contributed by atoms with Crippen LogP contribution in [-0.2, 0) is 4.79 Å². The molecular weight excluding hydrogens is 284 g/mol. The third-order valence-corrected chi connectivity index (χ3v) is 2.70. The van der Waals surface area contributed by atoms with E-state index in [1.807, 2.05) is 0 Å². The SMILES string of the molecule is CC1(C(F)(F)F)NC(=O)N(C(CN)C(F)(F)F)C1=O. The largest absolute Gasteiger partial charge is 0.420 e. The van der Waals surface area contributed by atoms with Crippen molar-refractivity contribution in [2.45, 2.75) is 30.9 Å². The summed E-state index contributed by atoms with van der Waals surface area (Å²) in [6.07, 6.45) is -10.3. The van der Waals surface area contributed by atoms with Crippen LogP contribution in [0.25, 0.3) is 0 Å². The third-order valence-electron chi connectivity index (χ3n) is 2.70. The van der Waals surface area contributed by atoms with Gasteiger partial charge in [0.15, 0.2) is 0 Å². The second-order valence-corrected chi connectivity index (χ2v) is 4.02. The van der Waals surface area contributed by atoms with Crippen LogP contribution < -0.4 is 11.1 Å². The number of halogens is 6. The first-order valence-electron chi connectivity index (χ1n) is 4.85. The molecule has 0 aromatic heterocycles. The van der Waals surface area contributed by atoms with Gasteiger partial charge in [0, 0.05) is 6.54 Å². The van der Waals surface area contributed by atoms with Crippen molar-refractivity contribution >= 4 is 11.9 Å². The number of imide groups is 1. The van der Waals surface area contributed by atoms with Crippen molar-refractivity contribution < 1.29 is 35.9 Å². The molecule has 0 aliphatic carbocycles. The monoisotopic (exact) mass is 293 g/mol. The quantitative estimate of drug-likeness (QED) is 0.582. The summed E-state index contributed by atoms with van der Waals surface area (Å²) >= 11 is 0. The van der Waals surface area contributed by atoms with Gasteiger partial charge in [0.25, 0.3) is 5.91 Å². The first-order valence-corrected chi connectivity index (χ1v) is 4.85. The highest BCUT2D eigenvalue weighted by Gasteiger charge is 2.67. The lowest BCUT2D eigenvalue weighted by atomic mass is 10.0. The molecule has 3 N–H and O–H groups in total. The molecule has 110 valence electrons. The second-order valence-electron chi connectivity index (χ2n) is 4.02. The molecule has 3 amide bonds. The Morgan fingerprint density at radius 3 is 2.00 bits per heavy atom. The van der Waals surface area contributed by atoms with Gasteiger partial charge in [0.05, 0.1) is 0 Å². The lowest BCUT2D eigenvalue weighted by Crippen LogP contribution is -2.58. The molecule has 0 radical (unpaired) electrons. The van der Waals surface area contributed by atoms with Gasteiger partial charge in [-0.05, 0) is 6.92 Å². The Balaban J connectivity index is 3.20. The molecule has 19 heavy (non-hydrogen) atoms. The molecule has 0 spiro atoms. The summed E-state index contributed by atoms with van der Waals surface area (Å²) in [6.45, 7) is -0.937. The van der Waals surface area contributed by atoms with Crippen LogP contribution in [0.5, 0.6) is 0 Å². The lowest BCUT2D eigenvalue weighted by Gasteiger charge is -2.28. The van der Waals surface area contributed by atoms with Crippen LogP contribution in [-0.4, -0.2) is 47.3 Å². The summed E-state index contributed by atoms with van der Waals surface area (Å²) in [5, 5.41) is 1.21. The second kappa shape index (κ2) is 4.25. The Labute approximate surface area is 102 Å². The highest BCUT2D eigenvalue weighted by Crippen LogP contribution is 2.37. The predicted octanol–water partition coefficient (Wildman–Crippen LogP) is 0.749. The van der Waals surface area contributed by atoms with Crippen LogP contribution in [0.3, 0.4) is 0 Å². The van der Waals surface area contributed by atoms with Crippen molar-refractivity contribution in [3.8, 4) is 0 Å². The zero-order valence-corrected chi connectivity index (χ0v) is 9.39. The maximum atomic E-state index is 12.6. The predicted molar refractivity (Wildman–Crippen MR) is 48.7 cm³/mol. The lowest BCUT2D eigenvalue weighted by molar-refractivity contribution is -0.200. The van der Waals surface area contributed by atoms with E-state index in [1.54, 1.807) is 0 Å². The molecule has 1 aliphatic rings. The van der Waals surface area contributed by atoms with Crippen molar-refractivity contribution in [3.05, 3.63) is 0 Å². The zero-order valence-electron chi connectivity index (χ0n) is 9.39. The summed E-state index contributed by atoms with van der Waals surface area (Å²) in [5.41, 5.74) is 1.40. The number of rotatable bonds is 2. The van der Waals surface area contributed by atoms with Crippen LogP contribution in [0, 0.1) is 0 Å². The molecule has 0 aromatic rings. The molecule has 1 heterocycles. The molecule has 0 saturated carbocycles. The summed E-state index contributed by atoms with van der Waals surface area (Å²) in [6, 6.07) is -4.58. The number of nitrogens with zero attached hydrogens (tertiary/aromatic N) is 1. The van der Waals surface area contributed by atoms with Crippen LogP contribution >= 0.6 is 0 Å². The molecule has 2 unspecified atom stereocenters. The zero-order chi connectivity index (χ0) is 15.2. The van der Waals surface area contributed by atoms with Gasteiger partial charge >= 0.3 is 18.4 Å². The number of hydrogen-bond donors (Lipinski definition) is 2. The molecule has 1 aliphatic heterocycles. The smallest absolute Gasteiger partial charge is 0.328 e. The number of alkyl halides is 6. The topological polar surface area (TPSA) is 75.4 Å². The van der Waals surface area contributed by atoms with Crippen molar-refractivity contribution in [1.82, 2.24) is 10.2 Å². The van der Waals surface area contributed by atoms with Gasteiger partial charge in [-0.2, -0.15) is 26.3 Å². The van der Waals surface area contributed by atoms with Gasteiger partial charge < -0.3 is 11.1 Å². The average Bonchev–Trinajstić information content (AvgIpc) is 2.41. The first-order chi connectivity index (χ1) is 8.36. The minimum Gasteiger partial charge on any atom is -0.328 e. The summed E-state index contributed by atoms with van der Waals surface area (Å²) in [5.74, 6) is -2.03. The Kier molecular flexibility index (Phi) is 3.48. The van der Waals surface area contributed by atoms with E-state index in [-0.39, 0.29) is 6.92 Å². The standard InChI is InChI=1S/C8H9F6N3O2/c1-6(8(12,13)14)4(18)17(5(19)16-6)3(2-15)7(9,10)11/h3H,2,15H2,1H3,(H,16,19). The fourth-order valence-electron chi connectivity index (χ4n) is 1.52. The number of hydrogen-bond acceptors (Lipinski definition) is 3. The van der Waals surface area contributed by atoms with Gasteiger partial charge in [-0.3, -0.25) is 4.79 Å². The Morgan fingerprint density at radius 2 is 1.74 bits per heavy atom. The Bertz CT molecular complexity index is 406. The minimum atomic E-state index is -5.22. The van der Waals surface area contributed by atoms with E-state index in [4.69, 9.17) is 5.73 Å². The normalized spacial score (nSPS) is 26.6. The minimum absolute atomic E-state index is 0.289. The maximum Gasteiger partial charge on any atom is 0.420 e. The summed E-state index contributed by atoms with van der Waals surface area (Å²) < 4.78 is 75.5. The van der Waals surface area contributed by atoms with Gasteiger partial charge in [0.2, 0.25) is 5.54 Å². The number of urea groups is 1. The van der Waals surface area contributed by atoms with E-state index in [0.717, 1.165) is 0 Å². The molecule has 5 nitrogen and oxygen atoms in total. The highest BCUT2D eigenvalue weighted by molar-refractivity contribution is 6.07. The summed E-state index contributed by atoms with van der Waals surface area (Å²) in [7, 11) is 0. The molecule has 0 aromatic carbocycles. The fourth-order valence-corrected chi connectivity index (χ4v) is 1.52. The van der Waals surface area contributed by atoms with Crippen LogP contribution in [0.15, 0.2) is 0 Å². The molecule has 2 atom stereocenters. The number of nitrogens with one attached hydrogen (secondary N) is 1. The molecule has 1 rings (SSSR count). The first kappa shape index (κ1) is 15.5. The van der Waals surface area contributed by atoms with Crippen LogP contribution in [0.4, 0.5) is 31.1 Å². The molecule has 1 saturated heterocycles. The average molecular weight is 293 g/mol. The number of carbonyl (C=O) groups is 2. The van der Waals surface area contributed by atoms with Gasteiger partial charge in [-0.25, -0.2) is 9.69 Å². The van der Waals surface area contributed by atoms with Crippen molar-refractivity contribution in [2.24, 2.45) is 5.73 Å². The van der Waals surface area contributed by atoms with E-state index in [1.165, 1.54) is 5.32 Å². The van der Waals surface area contributed by atoms with Crippen molar-refractivity contribution in [2.75, 3.05) is 6.54 Å². The molecule has 11 heteroatoms. The summed E-state index contributed by atoms with van der Waals surface area (Å²) in [4.78, 5) is 22.2. The van der Waals surface area contributed by atoms with Crippen LogP contribution in [0.1, 0.15) is 6.92 Å². The number of nitrogens with two attached hydrogens (primary N) is 1. The molecule has 0 bridgehead atoms. The Morgan fingerprint density at radius 1 is 1.26 bits per heavy atom. The van der Waals surface area contributed by atoms with E-state index >= 15 is 0 Å². The third kappa shape index (κ3) is 2.33. The molecular formula is C8H9F6N3O2. The van der Waals surface area contributed by atoms with Crippen molar-refractivity contribution in [3.63, 3.8) is 0 Å². The van der Waals surface area contributed by atoms with Crippen LogP contribution in [0.2, 0.25) is 0 Å². The van der Waals surface area contributed by atoms with Gasteiger partial charge in [-0.15, -0.1) is 0 Å². The highest BCUT2D eigenvalue weighted by atomic mass is 19.4. The fraction of sp³-hybridized carbons (Fsp3) is 0.750. The Hall–Kier alpha value is -1.52. The van der Waals surface area contributed by atoms with E-state index in [2.05, 4.69) is 0 Å². The maximum absolute atomic E-state index is 12.6. The van der Waals surface area contributed by atoms with E-state index in [0.29, 0.717) is 0 Å².